The fourth-order valence-electron chi connectivity index (χ4n) is 2.39. The molecule has 1 aromatic heterocycles. The Bertz CT molecular complexity index is 500. The first-order valence-electron chi connectivity index (χ1n) is 9.02. The third kappa shape index (κ3) is 9.64. The average Bonchev–Trinajstić information content (AvgIpc) is 3.05. The molecule has 1 unspecified atom stereocenters. The lowest BCUT2D eigenvalue weighted by Gasteiger charge is -2.19. The molecular weight excluding hydrogens is 320 g/mol. The fraction of sp³-hybridized carbons (Fsp3) is 0.667. The first-order valence-corrected chi connectivity index (χ1v) is 9.02. The van der Waals surface area contributed by atoms with Crippen LogP contribution in [0.1, 0.15) is 39.9 Å². The Kier molecular flexibility index (Phi) is 10.2. The van der Waals surface area contributed by atoms with Crippen molar-refractivity contribution in [3.63, 3.8) is 0 Å². The van der Waals surface area contributed by atoms with Gasteiger partial charge in [0.2, 0.25) is 0 Å². The molecule has 3 N–H and O–H groups in total. The highest BCUT2D eigenvalue weighted by Gasteiger charge is 2.14. The van der Waals surface area contributed by atoms with Gasteiger partial charge in [-0.2, -0.15) is 0 Å². The Hall–Kier alpha value is -2.18. The van der Waals surface area contributed by atoms with Gasteiger partial charge in [-0.25, -0.2) is 4.79 Å². The van der Waals surface area contributed by atoms with Gasteiger partial charge in [-0.05, 0) is 38.3 Å². The molecule has 0 radical (unpaired) electrons. The highest BCUT2D eigenvalue weighted by atomic mass is 16.5. The second-order valence-electron chi connectivity index (χ2n) is 6.17. The minimum Gasteiger partial charge on any atom is -0.469 e. The van der Waals surface area contributed by atoms with E-state index < -0.39 is 0 Å². The van der Waals surface area contributed by atoms with Crippen molar-refractivity contribution in [1.82, 2.24) is 16.0 Å². The molecule has 1 amide bonds. The van der Waals surface area contributed by atoms with Crippen LogP contribution in [0.25, 0.3) is 0 Å². The third-order valence-electron chi connectivity index (χ3n) is 3.41. The predicted octanol–water partition coefficient (Wildman–Crippen LogP) is 2.54. The first kappa shape index (κ1) is 20.9. The molecule has 1 atom stereocenters. The van der Waals surface area contributed by atoms with Gasteiger partial charge in [0.1, 0.15) is 5.76 Å². The summed E-state index contributed by atoms with van der Waals surface area (Å²) in [6, 6.07) is 3.78. The lowest BCUT2D eigenvalue weighted by atomic mass is 10.0. The topological polar surface area (TPSA) is 87.9 Å². The van der Waals surface area contributed by atoms with Gasteiger partial charge in [0.25, 0.3) is 0 Å². The van der Waals surface area contributed by atoms with Gasteiger partial charge in [-0.3, -0.25) is 4.99 Å². The summed E-state index contributed by atoms with van der Waals surface area (Å²) >= 11 is 0. The Morgan fingerprint density at radius 1 is 1.32 bits per heavy atom. The van der Waals surface area contributed by atoms with E-state index in [0.29, 0.717) is 19.1 Å². The Labute approximate surface area is 150 Å². The zero-order valence-corrected chi connectivity index (χ0v) is 15.8. The molecule has 0 spiro atoms. The van der Waals surface area contributed by atoms with Crippen molar-refractivity contribution in [1.29, 1.82) is 0 Å². The van der Waals surface area contributed by atoms with E-state index in [1.165, 1.54) is 0 Å². The third-order valence-corrected chi connectivity index (χ3v) is 3.41. The summed E-state index contributed by atoms with van der Waals surface area (Å²) in [5, 5.41) is 9.38. The minimum absolute atomic E-state index is 0.0559. The zero-order valence-electron chi connectivity index (χ0n) is 15.8. The zero-order chi connectivity index (χ0) is 18.5. The van der Waals surface area contributed by atoms with E-state index in [0.717, 1.165) is 37.7 Å². The summed E-state index contributed by atoms with van der Waals surface area (Å²) in [7, 11) is 0. The van der Waals surface area contributed by atoms with Gasteiger partial charge in [0.05, 0.1) is 25.5 Å². The summed E-state index contributed by atoms with van der Waals surface area (Å²) in [6.45, 7) is 10.4. The van der Waals surface area contributed by atoms with Crippen molar-refractivity contribution in [2.24, 2.45) is 10.9 Å². The van der Waals surface area contributed by atoms with E-state index in [9.17, 15) is 4.79 Å². The number of alkyl carbamates (subject to hydrolysis) is 1. The van der Waals surface area contributed by atoms with Crippen LogP contribution in [0.3, 0.4) is 0 Å². The van der Waals surface area contributed by atoms with Crippen LogP contribution < -0.4 is 16.0 Å². The van der Waals surface area contributed by atoms with Crippen LogP contribution >= 0.6 is 0 Å². The van der Waals surface area contributed by atoms with Crippen molar-refractivity contribution < 1.29 is 13.9 Å². The molecule has 1 heterocycles. The Morgan fingerprint density at radius 3 is 2.72 bits per heavy atom. The van der Waals surface area contributed by atoms with E-state index in [1.54, 1.807) is 13.2 Å². The number of carbonyl (C=O) groups excluding carboxylic acids is 1. The number of ether oxygens (including phenoxy) is 1. The predicted molar refractivity (Wildman–Crippen MR) is 99.8 cm³/mol. The molecule has 25 heavy (non-hydrogen) atoms. The number of carbonyl (C=O) groups is 1. The fourth-order valence-corrected chi connectivity index (χ4v) is 2.39. The van der Waals surface area contributed by atoms with E-state index >= 15 is 0 Å². The van der Waals surface area contributed by atoms with E-state index in [4.69, 9.17) is 9.15 Å². The number of hydrogen-bond acceptors (Lipinski definition) is 4. The van der Waals surface area contributed by atoms with E-state index in [-0.39, 0.29) is 12.1 Å². The Balaban J connectivity index is 2.54. The van der Waals surface area contributed by atoms with Gasteiger partial charge >= 0.3 is 6.09 Å². The maximum absolute atomic E-state index is 11.7. The van der Waals surface area contributed by atoms with Crippen molar-refractivity contribution >= 4 is 12.1 Å². The molecule has 0 aliphatic carbocycles. The average molecular weight is 352 g/mol. The minimum atomic E-state index is -0.390. The maximum atomic E-state index is 11.7. The van der Waals surface area contributed by atoms with Crippen LogP contribution in [0.5, 0.6) is 0 Å². The van der Waals surface area contributed by atoms with Gasteiger partial charge < -0.3 is 25.1 Å². The highest BCUT2D eigenvalue weighted by Crippen LogP contribution is 2.06. The highest BCUT2D eigenvalue weighted by molar-refractivity contribution is 5.79. The van der Waals surface area contributed by atoms with Gasteiger partial charge in [0, 0.05) is 19.5 Å². The summed E-state index contributed by atoms with van der Waals surface area (Å²) in [5.41, 5.74) is 0. The molecule has 1 aromatic rings. The SMILES string of the molecule is CCNC(=NCC(CC(C)C)NC(=O)OCC)NCCc1ccco1. The van der Waals surface area contributed by atoms with Crippen LogP contribution in [0.4, 0.5) is 4.79 Å². The molecule has 142 valence electrons. The lowest BCUT2D eigenvalue weighted by Crippen LogP contribution is -2.42. The molecule has 7 heteroatoms. The monoisotopic (exact) mass is 352 g/mol. The number of rotatable bonds is 10. The molecule has 0 aliphatic rings. The summed E-state index contributed by atoms with van der Waals surface area (Å²) in [5.74, 6) is 2.12. The van der Waals surface area contributed by atoms with Gasteiger partial charge in [-0.15, -0.1) is 0 Å². The summed E-state index contributed by atoms with van der Waals surface area (Å²) < 4.78 is 10.3. The molecule has 0 saturated carbocycles. The van der Waals surface area contributed by atoms with Crippen molar-refractivity contribution in [2.75, 3.05) is 26.2 Å². The van der Waals surface area contributed by atoms with E-state index in [1.807, 2.05) is 19.1 Å². The molecule has 7 nitrogen and oxygen atoms in total. The number of furan rings is 1. The summed E-state index contributed by atoms with van der Waals surface area (Å²) in [6.07, 6.45) is 2.91. The number of nitrogens with one attached hydrogen (secondary N) is 3. The largest absolute Gasteiger partial charge is 0.469 e. The number of amides is 1. The van der Waals surface area contributed by atoms with E-state index in [2.05, 4.69) is 34.8 Å². The normalized spacial score (nSPS) is 12.8. The number of hydrogen-bond donors (Lipinski definition) is 3. The van der Waals surface area contributed by atoms with Crippen LogP contribution in [-0.4, -0.2) is 44.3 Å². The van der Waals surface area contributed by atoms with Crippen molar-refractivity contribution in [2.45, 2.75) is 46.6 Å². The second-order valence-corrected chi connectivity index (χ2v) is 6.17. The molecule has 0 bridgehead atoms. The van der Waals surface area contributed by atoms with Gasteiger partial charge in [-0.1, -0.05) is 13.8 Å². The smallest absolute Gasteiger partial charge is 0.407 e. The number of aliphatic imine (C=N–C) groups is 1. The van der Waals surface area contributed by atoms with Gasteiger partial charge in [0.15, 0.2) is 5.96 Å². The van der Waals surface area contributed by atoms with Crippen LogP contribution in [-0.2, 0) is 11.2 Å². The molecular formula is C18H32N4O3. The maximum Gasteiger partial charge on any atom is 0.407 e. The quantitative estimate of drug-likeness (QED) is 0.445. The standard InChI is InChI=1S/C18H32N4O3/c1-5-19-17(20-10-9-16-8-7-11-25-16)21-13-15(12-14(3)4)22-18(23)24-6-2/h7-8,11,14-15H,5-6,9-10,12-13H2,1-4H3,(H,22,23)(H2,19,20,21). The van der Waals surface area contributed by atoms with Crippen LogP contribution in [0, 0.1) is 5.92 Å². The molecule has 0 aromatic carbocycles. The number of nitrogens with zero attached hydrogens (tertiary/aromatic N) is 1. The van der Waals surface area contributed by atoms with Crippen molar-refractivity contribution in [3.8, 4) is 0 Å². The first-order chi connectivity index (χ1) is 12.0. The molecule has 0 fully saturated rings. The Morgan fingerprint density at radius 2 is 2.12 bits per heavy atom. The second kappa shape index (κ2) is 12.2. The van der Waals surface area contributed by atoms with Crippen molar-refractivity contribution in [3.05, 3.63) is 24.2 Å². The molecule has 1 rings (SSSR count). The van der Waals surface area contributed by atoms with Crippen LogP contribution in [0.2, 0.25) is 0 Å². The molecule has 0 aliphatic heterocycles. The van der Waals surface area contributed by atoms with Crippen LogP contribution in [0.15, 0.2) is 27.8 Å². The lowest BCUT2D eigenvalue weighted by molar-refractivity contribution is 0.147. The molecule has 0 saturated heterocycles. The number of guanidine groups is 1. The summed E-state index contributed by atoms with van der Waals surface area (Å²) in [4.78, 5) is 16.3.